The van der Waals surface area contributed by atoms with Crippen molar-refractivity contribution < 1.29 is 0 Å². The molecule has 1 aromatic rings. The molecule has 20 heavy (non-hydrogen) atoms. The van der Waals surface area contributed by atoms with Gasteiger partial charge in [-0.25, -0.2) is 0 Å². The van der Waals surface area contributed by atoms with E-state index in [1.807, 2.05) is 6.07 Å². The Morgan fingerprint density at radius 2 is 1.50 bits per heavy atom. The maximum absolute atomic E-state index is 6.13. The lowest BCUT2D eigenvalue weighted by Crippen LogP contribution is -2.41. The van der Waals surface area contributed by atoms with Gasteiger partial charge in [-0.05, 0) is 43.2 Å². The zero-order chi connectivity index (χ0) is 14.2. The Morgan fingerprint density at radius 3 is 2.15 bits per heavy atom. The molecule has 0 unspecified atom stereocenters. The van der Waals surface area contributed by atoms with Gasteiger partial charge in [0.25, 0.3) is 0 Å². The molecule has 1 spiro atoms. The van der Waals surface area contributed by atoms with Crippen molar-refractivity contribution >= 4 is 34.6 Å². The van der Waals surface area contributed by atoms with Crippen LogP contribution in [0.2, 0.25) is 10.0 Å². The van der Waals surface area contributed by atoms with Crippen LogP contribution in [0.4, 0.5) is 11.4 Å². The number of nitrogen functional groups attached to an aromatic ring is 1. The predicted molar refractivity (Wildman–Crippen MR) is 87.8 cm³/mol. The van der Waals surface area contributed by atoms with Crippen LogP contribution in [0.5, 0.6) is 0 Å². The van der Waals surface area contributed by atoms with Gasteiger partial charge in [0.05, 0.1) is 21.4 Å². The lowest BCUT2D eigenvalue weighted by molar-refractivity contribution is 0.144. The zero-order valence-corrected chi connectivity index (χ0v) is 13.3. The number of piperidine rings is 1. The van der Waals surface area contributed by atoms with Gasteiger partial charge in [-0.15, -0.1) is 0 Å². The molecule has 0 bridgehead atoms. The summed E-state index contributed by atoms with van der Waals surface area (Å²) < 4.78 is 0. The van der Waals surface area contributed by atoms with Crippen molar-refractivity contribution in [1.82, 2.24) is 0 Å². The molecular formula is C16H22Cl2N2. The van der Waals surface area contributed by atoms with Gasteiger partial charge < -0.3 is 10.6 Å². The number of hydrogen-bond acceptors (Lipinski definition) is 2. The zero-order valence-electron chi connectivity index (χ0n) is 11.8. The Balaban J connectivity index is 1.73. The van der Waals surface area contributed by atoms with Gasteiger partial charge >= 0.3 is 0 Å². The number of hydrogen-bond donors (Lipinski definition) is 1. The van der Waals surface area contributed by atoms with Crippen LogP contribution in [0.15, 0.2) is 12.1 Å². The van der Waals surface area contributed by atoms with Crippen molar-refractivity contribution in [2.24, 2.45) is 5.41 Å². The van der Waals surface area contributed by atoms with E-state index in [2.05, 4.69) is 4.90 Å². The number of nitrogens with zero attached hydrogens (tertiary/aromatic N) is 1. The second-order valence-electron chi connectivity index (χ2n) is 6.37. The van der Waals surface area contributed by atoms with Crippen LogP contribution in [-0.2, 0) is 0 Å². The summed E-state index contributed by atoms with van der Waals surface area (Å²) >= 11 is 12.1. The molecule has 2 nitrogen and oxygen atoms in total. The number of anilines is 2. The molecule has 0 atom stereocenters. The largest absolute Gasteiger partial charge is 0.397 e. The molecule has 0 aromatic heterocycles. The van der Waals surface area contributed by atoms with E-state index in [-0.39, 0.29) is 0 Å². The van der Waals surface area contributed by atoms with Crippen LogP contribution in [0.1, 0.15) is 44.9 Å². The van der Waals surface area contributed by atoms with Gasteiger partial charge in [0, 0.05) is 13.1 Å². The summed E-state index contributed by atoms with van der Waals surface area (Å²) in [6.45, 7) is 2.17. The highest BCUT2D eigenvalue weighted by Gasteiger charge is 2.35. The van der Waals surface area contributed by atoms with Gasteiger partial charge in [-0.3, -0.25) is 0 Å². The van der Waals surface area contributed by atoms with E-state index >= 15 is 0 Å². The van der Waals surface area contributed by atoms with E-state index in [9.17, 15) is 0 Å². The highest BCUT2D eigenvalue weighted by atomic mass is 35.5. The van der Waals surface area contributed by atoms with Gasteiger partial charge in [-0.2, -0.15) is 0 Å². The fraction of sp³-hybridized carbons (Fsp3) is 0.625. The molecule has 1 saturated carbocycles. The predicted octanol–water partition coefficient (Wildman–Crippen LogP) is 5.13. The van der Waals surface area contributed by atoms with Crippen LogP contribution in [0.3, 0.4) is 0 Å². The number of halogens is 2. The van der Waals surface area contributed by atoms with Crippen LogP contribution in [0, 0.1) is 5.41 Å². The summed E-state index contributed by atoms with van der Waals surface area (Å²) in [5.74, 6) is 0. The molecule has 0 radical (unpaired) electrons. The molecule has 1 aromatic carbocycles. The third-order valence-electron chi connectivity index (χ3n) is 5.15. The fourth-order valence-corrected chi connectivity index (χ4v) is 4.18. The molecule has 1 heterocycles. The van der Waals surface area contributed by atoms with Crippen molar-refractivity contribution in [2.45, 2.75) is 44.9 Å². The molecule has 1 aliphatic carbocycles. The highest BCUT2D eigenvalue weighted by molar-refractivity contribution is 6.42. The van der Waals surface area contributed by atoms with Crippen LogP contribution in [-0.4, -0.2) is 13.1 Å². The third kappa shape index (κ3) is 2.73. The molecule has 3 rings (SSSR count). The minimum atomic E-state index is 0.536. The molecule has 1 saturated heterocycles. The fourth-order valence-electron chi connectivity index (χ4n) is 3.85. The van der Waals surface area contributed by atoms with E-state index in [1.165, 1.54) is 44.9 Å². The normalized spacial score (nSPS) is 22.2. The monoisotopic (exact) mass is 312 g/mol. The van der Waals surface area contributed by atoms with E-state index in [0.717, 1.165) is 24.5 Å². The van der Waals surface area contributed by atoms with E-state index in [4.69, 9.17) is 28.9 Å². The first-order chi connectivity index (χ1) is 9.60. The number of nitrogens with two attached hydrogens (primary N) is 1. The van der Waals surface area contributed by atoms with Crippen molar-refractivity contribution in [2.75, 3.05) is 23.7 Å². The highest BCUT2D eigenvalue weighted by Crippen LogP contribution is 2.46. The van der Waals surface area contributed by atoms with Crippen LogP contribution < -0.4 is 10.6 Å². The first-order valence-corrected chi connectivity index (χ1v) is 8.35. The summed E-state index contributed by atoms with van der Waals surface area (Å²) in [5.41, 5.74) is 8.50. The molecule has 2 N–H and O–H groups in total. The Hall–Kier alpha value is -0.600. The standard InChI is InChI=1S/C16H22Cl2N2/c17-12-10-14(19)15(11-13(12)18)20-8-6-16(7-9-20)4-2-1-3-5-16/h10-11H,1-9,19H2. The molecule has 2 fully saturated rings. The van der Waals surface area contributed by atoms with Crippen molar-refractivity contribution in [3.05, 3.63) is 22.2 Å². The van der Waals surface area contributed by atoms with E-state index < -0.39 is 0 Å². The minimum absolute atomic E-state index is 0.536. The average molecular weight is 313 g/mol. The summed E-state index contributed by atoms with van der Waals surface area (Å²) in [7, 11) is 0. The first kappa shape index (κ1) is 14.3. The second-order valence-corrected chi connectivity index (χ2v) is 7.19. The van der Waals surface area contributed by atoms with Crippen LogP contribution in [0.25, 0.3) is 0 Å². The van der Waals surface area contributed by atoms with Gasteiger partial charge in [0.2, 0.25) is 0 Å². The van der Waals surface area contributed by atoms with E-state index in [0.29, 0.717) is 15.5 Å². The summed E-state index contributed by atoms with van der Waals surface area (Å²) in [6.07, 6.45) is 9.64. The Kier molecular flexibility index (Phi) is 4.05. The molecule has 1 aliphatic heterocycles. The lowest BCUT2D eigenvalue weighted by atomic mass is 9.68. The molecule has 4 heteroatoms. The molecular weight excluding hydrogens is 291 g/mol. The van der Waals surface area contributed by atoms with Crippen molar-refractivity contribution in [3.63, 3.8) is 0 Å². The smallest absolute Gasteiger partial charge is 0.0615 e. The maximum atomic E-state index is 6.13. The quantitative estimate of drug-likeness (QED) is 0.729. The van der Waals surface area contributed by atoms with Crippen molar-refractivity contribution in [1.29, 1.82) is 0 Å². The summed E-state index contributed by atoms with van der Waals surface area (Å²) in [5, 5.41) is 1.13. The minimum Gasteiger partial charge on any atom is -0.397 e. The molecule has 0 amide bonds. The third-order valence-corrected chi connectivity index (χ3v) is 5.87. The van der Waals surface area contributed by atoms with Gasteiger partial charge in [0.1, 0.15) is 0 Å². The first-order valence-electron chi connectivity index (χ1n) is 7.59. The topological polar surface area (TPSA) is 29.3 Å². The summed E-state index contributed by atoms with van der Waals surface area (Å²) in [4.78, 5) is 2.37. The Labute approximate surface area is 131 Å². The Bertz CT molecular complexity index is 485. The lowest BCUT2D eigenvalue weighted by Gasteiger charge is -2.45. The second kappa shape index (κ2) is 5.65. The van der Waals surface area contributed by atoms with E-state index in [1.54, 1.807) is 6.07 Å². The van der Waals surface area contributed by atoms with Crippen molar-refractivity contribution in [3.8, 4) is 0 Å². The Morgan fingerprint density at radius 1 is 0.900 bits per heavy atom. The van der Waals surface area contributed by atoms with Crippen LogP contribution >= 0.6 is 23.2 Å². The summed E-state index contributed by atoms with van der Waals surface area (Å²) in [6, 6.07) is 3.68. The maximum Gasteiger partial charge on any atom is 0.0615 e. The number of benzene rings is 1. The molecule has 110 valence electrons. The van der Waals surface area contributed by atoms with Gasteiger partial charge in [-0.1, -0.05) is 42.5 Å². The number of rotatable bonds is 1. The SMILES string of the molecule is Nc1cc(Cl)c(Cl)cc1N1CCC2(CCCCC2)CC1. The molecule has 2 aliphatic rings. The average Bonchev–Trinajstić information content (AvgIpc) is 2.45. The van der Waals surface area contributed by atoms with Gasteiger partial charge in [0.15, 0.2) is 0 Å².